The van der Waals surface area contributed by atoms with Gasteiger partial charge in [0.05, 0.1) is 28.7 Å². The zero-order chi connectivity index (χ0) is 22.2. The summed E-state index contributed by atoms with van der Waals surface area (Å²) in [5.74, 6) is 0.566. The maximum atomic E-state index is 12.9. The SMILES string of the molecule is Cn1cc(Oc2cc(Cl)cc(NC(=O)c3cc(N4CCCS4(=O)=O)ncc3Cl)c2)cn1. The highest BCUT2D eigenvalue weighted by atomic mass is 35.5. The second-order valence-electron chi connectivity index (χ2n) is 6.85. The van der Waals surface area contributed by atoms with Gasteiger partial charge in [0.1, 0.15) is 11.6 Å². The first kappa shape index (κ1) is 21.4. The summed E-state index contributed by atoms with van der Waals surface area (Å²) in [6.45, 7) is 0.307. The number of halogens is 2. The third-order valence-electron chi connectivity index (χ3n) is 4.49. The highest BCUT2D eigenvalue weighted by molar-refractivity contribution is 7.93. The number of amides is 1. The van der Waals surface area contributed by atoms with E-state index in [-0.39, 0.29) is 22.2 Å². The number of aromatic nitrogens is 3. The van der Waals surface area contributed by atoms with Crippen LogP contribution < -0.4 is 14.4 Å². The molecule has 12 heteroatoms. The van der Waals surface area contributed by atoms with Crippen LogP contribution in [0.5, 0.6) is 11.5 Å². The van der Waals surface area contributed by atoms with E-state index in [0.717, 1.165) is 0 Å². The van der Waals surface area contributed by atoms with Crippen molar-refractivity contribution in [2.24, 2.45) is 7.05 Å². The van der Waals surface area contributed by atoms with E-state index in [1.54, 1.807) is 42.3 Å². The summed E-state index contributed by atoms with van der Waals surface area (Å²) in [4.78, 5) is 16.9. The van der Waals surface area contributed by atoms with Gasteiger partial charge in [-0.15, -0.1) is 0 Å². The molecule has 1 aliphatic heterocycles. The second-order valence-corrected chi connectivity index (χ2v) is 9.70. The van der Waals surface area contributed by atoms with E-state index in [2.05, 4.69) is 15.4 Å². The van der Waals surface area contributed by atoms with E-state index in [0.29, 0.717) is 35.2 Å². The molecule has 4 rings (SSSR count). The molecule has 1 amide bonds. The Labute approximate surface area is 188 Å². The molecule has 2 aromatic heterocycles. The topological polar surface area (TPSA) is 106 Å². The van der Waals surface area contributed by atoms with Crippen LogP contribution in [-0.2, 0) is 17.1 Å². The third-order valence-corrected chi connectivity index (χ3v) is 6.85. The van der Waals surface area contributed by atoms with Crippen LogP contribution in [0, 0.1) is 0 Å². The minimum atomic E-state index is -3.44. The number of hydrogen-bond donors (Lipinski definition) is 1. The molecule has 1 saturated heterocycles. The number of aryl methyl sites for hydroxylation is 1. The Morgan fingerprint density at radius 1 is 1.16 bits per heavy atom. The van der Waals surface area contributed by atoms with Crippen LogP contribution in [0.2, 0.25) is 10.0 Å². The number of carbonyl (C=O) groups excluding carboxylic acids is 1. The summed E-state index contributed by atoms with van der Waals surface area (Å²) >= 11 is 12.3. The van der Waals surface area contributed by atoms with Crippen molar-refractivity contribution in [1.82, 2.24) is 14.8 Å². The summed E-state index contributed by atoms with van der Waals surface area (Å²) in [7, 11) is -1.68. The molecule has 0 bridgehead atoms. The summed E-state index contributed by atoms with van der Waals surface area (Å²) in [6, 6.07) is 6.10. The molecule has 1 aromatic carbocycles. The lowest BCUT2D eigenvalue weighted by Gasteiger charge is -2.17. The fourth-order valence-electron chi connectivity index (χ4n) is 3.11. The molecule has 162 valence electrons. The Morgan fingerprint density at radius 3 is 2.65 bits per heavy atom. The molecule has 0 saturated carbocycles. The molecule has 0 spiro atoms. The average molecular weight is 482 g/mol. The van der Waals surface area contributed by atoms with Crippen LogP contribution in [-0.4, -0.2) is 41.4 Å². The van der Waals surface area contributed by atoms with Gasteiger partial charge in [0, 0.05) is 36.6 Å². The van der Waals surface area contributed by atoms with E-state index in [4.69, 9.17) is 27.9 Å². The highest BCUT2D eigenvalue weighted by Gasteiger charge is 2.30. The molecule has 1 aliphatic rings. The van der Waals surface area contributed by atoms with Gasteiger partial charge in [0.15, 0.2) is 5.75 Å². The number of benzene rings is 1. The van der Waals surface area contributed by atoms with Crippen LogP contribution in [0.15, 0.2) is 42.9 Å². The molecule has 1 N–H and O–H groups in total. The highest BCUT2D eigenvalue weighted by Crippen LogP contribution is 2.30. The van der Waals surface area contributed by atoms with Crippen molar-refractivity contribution in [1.29, 1.82) is 0 Å². The molecule has 3 aromatic rings. The lowest BCUT2D eigenvalue weighted by Crippen LogP contribution is -2.26. The predicted molar refractivity (Wildman–Crippen MR) is 118 cm³/mol. The zero-order valence-corrected chi connectivity index (χ0v) is 18.6. The molecule has 0 unspecified atom stereocenters. The number of hydrogen-bond acceptors (Lipinski definition) is 6. The quantitative estimate of drug-likeness (QED) is 0.595. The first-order valence-electron chi connectivity index (χ1n) is 9.16. The Hall–Kier alpha value is -2.82. The number of rotatable bonds is 5. The second kappa shape index (κ2) is 8.37. The Bertz CT molecular complexity index is 1260. The van der Waals surface area contributed by atoms with Crippen LogP contribution in [0.3, 0.4) is 0 Å². The Kier molecular flexibility index (Phi) is 5.78. The van der Waals surface area contributed by atoms with Gasteiger partial charge in [0.2, 0.25) is 10.0 Å². The summed E-state index contributed by atoms with van der Waals surface area (Å²) < 4.78 is 32.8. The fourth-order valence-corrected chi connectivity index (χ4v) is 5.04. The van der Waals surface area contributed by atoms with Gasteiger partial charge >= 0.3 is 0 Å². The molecule has 3 heterocycles. The van der Waals surface area contributed by atoms with Crippen LogP contribution >= 0.6 is 23.2 Å². The van der Waals surface area contributed by atoms with E-state index < -0.39 is 15.9 Å². The number of nitrogens with one attached hydrogen (secondary N) is 1. The van der Waals surface area contributed by atoms with E-state index in [1.807, 2.05) is 0 Å². The lowest BCUT2D eigenvalue weighted by atomic mass is 10.2. The normalized spacial score (nSPS) is 15.1. The smallest absolute Gasteiger partial charge is 0.257 e. The molecular formula is C19H17Cl2N5O4S. The van der Waals surface area contributed by atoms with E-state index >= 15 is 0 Å². The van der Waals surface area contributed by atoms with Gasteiger partial charge in [-0.3, -0.25) is 13.8 Å². The van der Waals surface area contributed by atoms with Gasteiger partial charge in [-0.1, -0.05) is 23.2 Å². The summed E-state index contributed by atoms with van der Waals surface area (Å²) in [5.41, 5.74) is 0.461. The van der Waals surface area contributed by atoms with Crippen molar-refractivity contribution in [2.45, 2.75) is 6.42 Å². The van der Waals surface area contributed by atoms with Crippen molar-refractivity contribution in [3.8, 4) is 11.5 Å². The minimum absolute atomic E-state index is 0.0427. The monoisotopic (exact) mass is 481 g/mol. The Morgan fingerprint density at radius 2 is 1.97 bits per heavy atom. The predicted octanol–water partition coefficient (Wildman–Crippen LogP) is 3.71. The third kappa shape index (κ3) is 4.76. The number of pyridine rings is 1. The number of anilines is 2. The van der Waals surface area contributed by atoms with Crippen LogP contribution in [0.1, 0.15) is 16.8 Å². The maximum Gasteiger partial charge on any atom is 0.257 e. The zero-order valence-electron chi connectivity index (χ0n) is 16.2. The summed E-state index contributed by atoms with van der Waals surface area (Å²) in [6.07, 6.45) is 4.98. The molecule has 0 radical (unpaired) electrons. The standard InChI is InChI=1S/C19H17Cl2N5O4S/c1-25-11-15(9-23-25)30-14-6-12(20)5-13(7-14)24-19(27)16-8-18(22-10-17(16)21)26-3-2-4-31(26,28)29/h5-11H,2-4H2,1H3,(H,24,27). The largest absolute Gasteiger partial charge is 0.454 e. The number of carbonyl (C=O) groups is 1. The lowest BCUT2D eigenvalue weighted by molar-refractivity contribution is 0.102. The summed E-state index contributed by atoms with van der Waals surface area (Å²) in [5, 5.41) is 7.17. The van der Waals surface area contributed by atoms with Crippen LogP contribution in [0.4, 0.5) is 11.5 Å². The number of nitrogens with zero attached hydrogens (tertiary/aromatic N) is 4. The van der Waals surface area contributed by atoms with Crippen LogP contribution in [0.25, 0.3) is 0 Å². The maximum absolute atomic E-state index is 12.9. The van der Waals surface area contributed by atoms with Gasteiger partial charge in [-0.05, 0) is 24.6 Å². The van der Waals surface area contributed by atoms with Gasteiger partial charge in [-0.25, -0.2) is 13.4 Å². The van der Waals surface area contributed by atoms with Crippen molar-refractivity contribution in [3.05, 3.63) is 58.5 Å². The number of sulfonamides is 1. The van der Waals surface area contributed by atoms with Gasteiger partial charge in [-0.2, -0.15) is 5.10 Å². The Balaban J connectivity index is 1.57. The molecule has 0 aliphatic carbocycles. The molecule has 0 atom stereocenters. The first-order valence-corrected chi connectivity index (χ1v) is 11.5. The van der Waals surface area contributed by atoms with Crippen molar-refractivity contribution >= 4 is 50.6 Å². The minimum Gasteiger partial charge on any atom is -0.454 e. The molecule has 9 nitrogen and oxygen atoms in total. The van der Waals surface area contributed by atoms with Crippen molar-refractivity contribution in [2.75, 3.05) is 21.9 Å². The van der Waals surface area contributed by atoms with Crippen molar-refractivity contribution < 1.29 is 17.9 Å². The van der Waals surface area contributed by atoms with Crippen molar-refractivity contribution in [3.63, 3.8) is 0 Å². The fraction of sp³-hybridized carbons (Fsp3) is 0.211. The van der Waals surface area contributed by atoms with Gasteiger partial charge in [0.25, 0.3) is 5.91 Å². The number of ether oxygens (including phenoxy) is 1. The molecule has 31 heavy (non-hydrogen) atoms. The average Bonchev–Trinajstić information content (AvgIpc) is 3.25. The molecule has 1 fully saturated rings. The van der Waals surface area contributed by atoms with E-state index in [9.17, 15) is 13.2 Å². The first-order chi connectivity index (χ1) is 14.7. The van der Waals surface area contributed by atoms with E-state index in [1.165, 1.54) is 16.6 Å². The molecular weight excluding hydrogens is 465 g/mol. The van der Waals surface area contributed by atoms with Gasteiger partial charge < -0.3 is 10.1 Å².